The van der Waals surface area contributed by atoms with Crippen LogP contribution < -0.4 is 16.0 Å². The van der Waals surface area contributed by atoms with Crippen molar-refractivity contribution in [3.8, 4) is 0 Å². The van der Waals surface area contributed by atoms with E-state index in [1.165, 1.54) is 54.5 Å². The lowest BCUT2D eigenvalue weighted by atomic mass is 9.95. The highest BCUT2D eigenvalue weighted by Gasteiger charge is 2.30. The minimum Gasteiger partial charge on any atom is -0.465 e. The minimum absolute atomic E-state index is 0.124. The number of nitro benzene ring substituents is 1. The maximum atomic E-state index is 14.1. The van der Waals surface area contributed by atoms with Crippen LogP contribution in [0.3, 0.4) is 0 Å². The summed E-state index contributed by atoms with van der Waals surface area (Å²) in [5.41, 5.74) is 2.39. The van der Waals surface area contributed by atoms with E-state index in [4.69, 9.17) is 4.74 Å². The first-order valence-electron chi connectivity index (χ1n) is 16.7. The van der Waals surface area contributed by atoms with Crippen molar-refractivity contribution in [3.05, 3.63) is 158 Å². The normalized spacial score (nSPS) is 12.9. The summed E-state index contributed by atoms with van der Waals surface area (Å²) < 4.78 is 5.10. The van der Waals surface area contributed by atoms with Crippen molar-refractivity contribution < 1.29 is 28.8 Å². The average Bonchev–Trinajstić information content (AvgIpc) is 3.55. The van der Waals surface area contributed by atoms with Crippen molar-refractivity contribution in [2.75, 3.05) is 17.7 Å². The van der Waals surface area contributed by atoms with Gasteiger partial charge in [-0.1, -0.05) is 66.7 Å². The summed E-state index contributed by atoms with van der Waals surface area (Å²) in [6.45, 7) is 0. The third kappa shape index (κ3) is 8.88. The summed E-state index contributed by atoms with van der Waals surface area (Å²) in [5, 5.41) is 19.9. The number of methoxy groups -OCH3 is 1. The second-order valence-electron chi connectivity index (χ2n) is 12.0. The van der Waals surface area contributed by atoms with Crippen LogP contribution in [-0.4, -0.2) is 35.7 Å². The molecule has 5 aromatic rings. The molecule has 3 N–H and O–H groups in total. The van der Waals surface area contributed by atoms with E-state index in [0.29, 0.717) is 26.7 Å². The van der Waals surface area contributed by atoms with E-state index >= 15 is 0 Å². The monoisotopic (exact) mass is 746 g/mol. The number of nitro groups is 1. The summed E-state index contributed by atoms with van der Waals surface area (Å²) in [6.07, 6.45) is 4.81. The van der Waals surface area contributed by atoms with Crippen LogP contribution in [0.5, 0.6) is 0 Å². The molecule has 4 aromatic carbocycles. The first kappa shape index (κ1) is 36.7. The van der Waals surface area contributed by atoms with Crippen molar-refractivity contribution in [3.63, 3.8) is 0 Å². The predicted molar refractivity (Wildman–Crippen MR) is 206 cm³/mol. The SMILES string of the molecule is COC(=O)c1c(NC(=O)C(Sc2cccc(NC(=O)/C(=C\c3ccccc3[N+](=O)[O-])NC(=O)c3ccccc3)c2)c2ccccc2)sc2c1CCCC2. The Morgan fingerprint density at radius 2 is 1.57 bits per heavy atom. The van der Waals surface area contributed by atoms with Gasteiger partial charge in [-0.25, -0.2) is 4.79 Å². The second kappa shape index (κ2) is 17.0. The van der Waals surface area contributed by atoms with E-state index in [1.807, 2.05) is 30.3 Å². The lowest BCUT2D eigenvalue weighted by molar-refractivity contribution is -0.385. The minimum atomic E-state index is -0.744. The number of thiophene rings is 1. The molecule has 53 heavy (non-hydrogen) atoms. The highest BCUT2D eigenvalue weighted by atomic mass is 32.2. The van der Waals surface area contributed by atoms with Crippen LogP contribution in [0, 0.1) is 10.1 Å². The fraction of sp³-hybridized carbons (Fsp3) is 0.150. The van der Waals surface area contributed by atoms with Gasteiger partial charge in [0.1, 0.15) is 15.9 Å². The van der Waals surface area contributed by atoms with Gasteiger partial charge in [0.05, 0.1) is 23.2 Å². The van der Waals surface area contributed by atoms with Crippen molar-refractivity contribution in [1.29, 1.82) is 0 Å². The van der Waals surface area contributed by atoms with Crippen molar-refractivity contribution in [2.45, 2.75) is 35.8 Å². The number of esters is 1. The molecule has 13 heteroatoms. The van der Waals surface area contributed by atoms with Gasteiger partial charge < -0.3 is 20.7 Å². The number of hydrogen-bond acceptors (Lipinski definition) is 9. The van der Waals surface area contributed by atoms with Gasteiger partial charge in [0.25, 0.3) is 17.5 Å². The molecule has 1 atom stereocenters. The molecule has 1 unspecified atom stereocenters. The molecular formula is C40H34N4O7S2. The van der Waals surface area contributed by atoms with E-state index in [-0.39, 0.29) is 22.9 Å². The number of carbonyl (C=O) groups excluding carboxylic acids is 4. The largest absolute Gasteiger partial charge is 0.465 e. The maximum absolute atomic E-state index is 14.1. The van der Waals surface area contributed by atoms with Crippen LogP contribution in [0.15, 0.2) is 120 Å². The third-order valence-electron chi connectivity index (χ3n) is 8.45. The van der Waals surface area contributed by atoms with E-state index < -0.39 is 28.0 Å². The summed E-state index contributed by atoms with van der Waals surface area (Å²) in [6, 6.07) is 30.2. The molecule has 0 spiro atoms. The fourth-order valence-electron chi connectivity index (χ4n) is 5.91. The topological polar surface area (TPSA) is 157 Å². The molecule has 0 bridgehead atoms. The number of para-hydroxylation sites is 1. The molecule has 1 aliphatic carbocycles. The number of benzene rings is 4. The molecule has 0 aliphatic heterocycles. The molecule has 6 rings (SSSR count). The zero-order valence-corrected chi connectivity index (χ0v) is 30.1. The predicted octanol–water partition coefficient (Wildman–Crippen LogP) is 8.20. The molecule has 1 aliphatic rings. The first-order valence-corrected chi connectivity index (χ1v) is 18.4. The molecule has 0 saturated heterocycles. The Morgan fingerprint density at radius 3 is 2.30 bits per heavy atom. The average molecular weight is 747 g/mol. The molecule has 1 aromatic heterocycles. The Bertz CT molecular complexity index is 2200. The number of nitrogens with one attached hydrogen (secondary N) is 3. The van der Waals surface area contributed by atoms with Crippen LogP contribution in [0.25, 0.3) is 6.08 Å². The van der Waals surface area contributed by atoms with Gasteiger partial charge in [-0.05, 0) is 79.3 Å². The summed E-state index contributed by atoms with van der Waals surface area (Å²) in [5.74, 6) is -2.11. The van der Waals surface area contributed by atoms with Gasteiger partial charge in [0.2, 0.25) is 5.91 Å². The number of fused-ring (bicyclic) bond motifs is 1. The van der Waals surface area contributed by atoms with Crippen LogP contribution in [0.1, 0.15) is 60.4 Å². The molecule has 1 heterocycles. The molecule has 3 amide bonds. The summed E-state index contributed by atoms with van der Waals surface area (Å²) in [7, 11) is 1.33. The van der Waals surface area contributed by atoms with Gasteiger partial charge in [-0.2, -0.15) is 0 Å². The summed E-state index contributed by atoms with van der Waals surface area (Å²) >= 11 is 2.66. The lowest BCUT2D eigenvalue weighted by Gasteiger charge is -2.18. The van der Waals surface area contributed by atoms with E-state index in [1.54, 1.807) is 60.7 Å². The van der Waals surface area contributed by atoms with Gasteiger partial charge in [-0.3, -0.25) is 24.5 Å². The molecule has 11 nitrogen and oxygen atoms in total. The standard InChI is InChI=1S/C40H34N4O7S2/c1-51-40(48)34-30-20-9-11-22-33(30)53-39(34)43-38(47)35(25-13-4-2-5-14-25)52-29-19-12-18-28(24-29)41-37(46)31(42-36(45)26-15-6-3-7-16-26)23-27-17-8-10-21-32(27)44(49)50/h2-8,10,12-19,21,23-24,35H,9,11,20,22H2,1H3,(H,41,46)(H,42,45)(H,43,47)/b31-23+. The zero-order valence-electron chi connectivity index (χ0n) is 28.5. The van der Waals surface area contributed by atoms with Gasteiger partial charge in [0.15, 0.2) is 0 Å². The van der Waals surface area contributed by atoms with Crippen LogP contribution in [0.4, 0.5) is 16.4 Å². The number of hydrogen-bond donors (Lipinski definition) is 3. The van der Waals surface area contributed by atoms with Crippen molar-refractivity contribution >= 4 is 69.2 Å². The Morgan fingerprint density at radius 1 is 0.868 bits per heavy atom. The summed E-state index contributed by atoms with van der Waals surface area (Å²) in [4.78, 5) is 66.7. The zero-order chi connectivity index (χ0) is 37.3. The molecule has 0 saturated carbocycles. The third-order valence-corrected chi connectivity index (χ3v) is 10.9. The van der Waals surface area contributed by atoms with Gasteiger partial charge in [0, 0.05) is 27.1 Å². The number of amides is 3. The van der Waals surface area contributed by atoms with E-state index in [9.17, 15) is 29.3 Å². The fourth-order valence-corrected chi connectivity index (χ4v) is 8.27. The number of aryl methyl sites for hydroxylation is 1. The van der Waals surface area contributed by atoms with Crippen LogP contribution in [0.2, 0.25) is 0 Å². The number of carbonyl (C=O) groups is 4. The van der Waals surface area contributed by atoms with Crippen molar-refractivity contribution in [1.82, 2.24) is 5.32 Å². The Balaban J connectivity index is 1.27. The Kier molecular flexibility index (Phi) is 11.8. The smallest absolute Gasteiger partial charge is 0.341 e. The molecular weight excluding hydrogens is 713 g/mol. The highest BCUT2D eigenvalue weighted by Crippen LogP contribution is 2.41. The first-order chi connectivity index (χ1) is 25.7. The van der Waals surface area contributed by atoms with Crippen LogP contribution >= 0.6 is 23.1 Å². The molecule has 0 radical (unpaired) electrons. The van der Waals surface area contributed by atoms with E-state index in [0.717, 1.165) is 41.7 Å². The van der Waals surface area contributed by atoms with Gasteiger partial charge >= 0.3 is 5.97 Å². The Hall–Kier alpha value is -6.05. The Labute approximate surface area is 313 Å². The van der Waals surface area contributed by atoms with Crippen molar-refractivity contribution in [2.24, 2.45) is 0 Å². The number of thioether (sulfide) groups is 1. The molecule has 268 valence electrons. The highest BCUT2D eigenvalue weighted by molar-refractivity contribution is 8.00. The number of ether oxygens (including phenoxy) is 1. The lowest BCUT2D eigenvalue weighted by Crippen LogP contribution is -2.30. The molecule has 0 fully saturated rings. The second-order valence-corrected chi connectivity index (χ2v) is 14.3. The van der Waals surface area contributed by atoms with Crippen LogP contribution in [-0.2, 0) is 27.2 Å². The number of anilines is 2. The number of rotatable bonds is 12. The van der Waals surface area contributed by atoms with Gasteiger partial charge in [-0.15, -0.1) is 23.1 Å². The quantitative estimate of drug-likeness (QED) is 0.0379. The maximum Gasteiger partial charge on any atom is 0.341 e. The number of nitrogens with zero attached hydrogens (tertiary/aromatic N) is 1. The van der Waals surface area contributed by atoms with E-state index in [2.05, 4.69) is 16.0 Å².